The number of thioether (sulfide) groups is 1. The summed E-state index contributed by atoms with van der Waals surface area (Å²) in [5, 5.41) is 10.9. The van der Waals surface area contributed by atoms with Gasteiger partial charge in [-0.15, -0.1) is 0 Å². The highest BCUT2D eigenvalue weighted by Crippen LogP contribution is 2.35. The van der Waals surface area contributed by atoms with Crippen LogP contribution >= 0.6 is 23.4 Å². The van der Waals surface area contributed by atoms with E-state index < -0.39 is 10.8 Å². The van der Waals surface area contributed by atoms with Crippen LogP contribution in [0.15, 0.2) is 39.7 Å². The number of ether oxygens (including phenoxy) is 1. The smallest absolute Gasteiger partial charge is 0.293 e. The Bertz CT molecular complexity index is 971. The Balaban J connectivity index is 1.81. The number of nitro benzene ring substituents is 1. The molecule has 2 aromatic rings. The van der Waals surface area contributed by atoms with E-state index in [0.29, 0.717) is 35.1 Å². The van der Waals surface area contributed by atoms with Crippen LogP contribution in [0.4, 0.5) is 10.5 Å². The van der Waals surface area contributed by atoms with Crippen molar-refractivity contribution < 1.29 is 23.7 Å². The Labute approximate surface area is 169 Å². The molecule has 1 aliphatic heterocycles. The summed E-state index contributed by atoms with van der Waals surface area (Å²) in [6.45, 7) is 0.731. The first-order chi connectivity index (χ1) is 13.4. The van der Waals surface area contributed by atoms with Gasteiger partial charge in [0.2, 0.25) is 0 Å². The third-order valence-electron chi connectivity index (χ3n) is 3.93. The molecule has 1 aromatic carbocycles. The Kier molecular flexibility index (Phi) is 6.18. The normalized spacial score (nSPS) is 15.6. The molecule has 146 valence electrons. The van der Waals surface area contributed by atoms with Crippen LogP contribution in [0.1, 0.15) is 12.2 Å². The van der Waals surface area contributed by atoms with E-state index in [1.807, 2.05) is 0 Å². The molecule has 0 unspecified atom stereocenters. The van der Waals surface area contributed by atoms with Crippen LogP contribution in [-0.2, 0) is 9.53 Å². The fourth-order valence-electron chi connectivity index (χ4n) is 2.58. The summed E-state index contributed by atoms with van der Waals surface area (Å²) >= 11 is 6.95. The van der Waals surface area contributed by atoms with E-state index in [2.05, 4.69) is 0 Å². The molecule has 0 radical (unpaired) electrons. The van der Waals surface area contributed by atoms with Crippen LogP contribution in [0.5, 0.6) is 0 Å². The van der Waals surface area contributed by atoms with E-state index in [-0.39, 0.29) is 22.4 Å². The molecular formula is C18H15ClN2O6S. The van der Waals surface area contributed by atoms with Gasteiger partial charge in [0, 0.05) is 44.0 Å². The van der Waals surface area contributed by atoms with Crippen LogP contribution in [0.3, 0.4) is 0 Å². The van der Waals surface area contributed by atoms with Crippen molar-refractivity contribution in [2.45, 2.75) is 6.42 Å². The van der Waals surface area contributed by atoms with Gasteiger partial charge < -0.3 is 9.15 Å². The molecule has 10 heteroatoms. The minimum atomic E-state index is -0.525. The van der Waals surface area contributed by atoms with Gasteiger partial charge in [-0.2, -0.15) is 0 Å². The summed E-state index contributed by atoms with van der Waals surface area (Å²) in [5.74, 6) is 0.261. The van der Waals surface area contributed by atoms with Gasteiger partial charge in [0.15, 0.2) is 0 Å². The average Bonchev–Trinajstić information content (AvgIpc) is 3.22. The van der Waals surface area contributed by atoms with Gasteiger partial charge in [0.05, 0.1) is 14.9 Å². The van der Waals surface area contributed by atoms with Gasteiger partial charge >= 0.3 is 0 Å². The lowest BCUT2D eigenvalue weighted by molar-refractivity contribution is -0.384. The maximum Gasteiger partial charge on any atom is 0.293 e. The van der Waals surface area contributed by atoms with Gasteiger partial charge in [0.25, 0.3) is 16.8 Å². The van der Waals surface area contributed by atoms with Crippen molar-refractivity contribution in [1.82, 2.24) is 4.90 Å². The van der Waals surface area contributed by atoms with Crippen molar-refractivity contribution in [3.05, 3.63) is 56.1 Å². The quantitative estimate of drug-likeness (QED) is 0.278. The molecule has 1 fully saturated rings. The summed E-state index contributed by atoms with van der Waals surface area (Å²) < 4.78 is 10.6. The molecule has 8 nitrogen and oxygen atoms in total. The Morgan fingerprint density at radius 3 is 2.82 bits per heavy atom. The van der Waals surface area contributed by atoms with Crippen LogP contribution in [0.25, 0.3) is 17.4 Å². The number of hydrogen-bond donors (Lipinski definition) is 0. The first kappa shape index (κ1) is 20.1. The number of carbonyl (C=O) groups is 2. The minimum absolute atomic E-state index is 0.116. The molecule has 28 heavy (non-hydrogen) atoms. The van der Waals surface area contributed by atoms with E-state index in [1.165, 1.54) is 24.3 Å². The van der Waals surface area contributed by atoms with Crippen LogP contribution in [0.2, 0.25) is 5.02 Å². The monoisotopic (exact) mass is 422 g/mol. The van der Waals surface area contributed by atoms with E-state index in [1.54, 1.807) is 19.2 Å². The topological polar surface area (TPSA) is 103 Å². The molecule has 0 saturated carbocycles. The number of carbonyl (C=O) groups excluding carboxylic acids is 2. The highest BCUT2D eigenvalue weighted by atomic mass is 35.5. The second-order valence-corrected chi connectivity index (χ2v) is 7.20. The van der Waals surface area contributed by atoms with Crippen LogP contribution in [0, 0.1) is 10.1 Å². The molecule has 0 bridgehead atoms. The maximum absolute atomic E-state index is 12.4. The summed E-state index contributed by atoms with van der Waals surface area (Å²) in [7, 11) is 1.55. The molecule has 1 saturated heterocycles. The second-order valence-electron chi connectivity index (χ2n) is 5.80. The van der Waals surface area contributed by atoms with Gasteiger partial charge in [-0.05, 0) is 36.4 Å². The van der Waals surface area contributed by atoms with E-state index in [0.717, 1.165) is 16.7 Å². The largest absolute Gasteiger partial charge is 0.457 e. The molecule has 1 aromatic heterocycles. The zero-order chi connectivity index (χ0) is 20.3. The number of hydrogen-bond acceptors (Lipinski definition) is 7. The lowest BCUT2D eigenvalue weighted by atomic mass is 10.1. The van der Waals surface area contributed by atoms with Crippen LogP contribution < -0.4 is 0 Å². The number of non-ortho nitro benzene ring substituents is 1. The zero-order valence-electron chi connectivity index (χ0n) is 14.7. The predicted molar refractivity (Wildman–Crippen MR) is 105 cm³/mol. The zero-order valence-corrected chi connectivity index (χ0v) is 16.3. The molecule has 3 rings (SSSR count). The lowest BCUT2D eigenvalue weighted by Gasteiger charge is -2.11. The maximum atomic E-state index is 12.4. The van der Waals surface area contributed by atoms with Gasteiger partial charge in [0.1, 0.15) is 11.5 Å². The van der Waals surface area contributed by atoms with Gasteiger partial charge in [-0.3, -0.25) is 24.6 Å². The summed E-state index contributed by atoms with van der Waals surface area (Å²) in [6, 6.07) is 7.23. The predicted octanol–water partition coefficient (Wildman–Crippen LogP) is 4.58. The van der Waals surface area contributed by atoms with Crippen molar-refractivity contribution in [2.75, 3.05) is 20.3 Å². The number of methoxy groups -OCH3 is 1. The molecule has 0 spiro atoms. The number of halogens is 1. The molecule has 2 heterocycles. The Morgan fingerprint density at radius 2 is 2.11 bits per heavy atom. The molecule has 0 atom stereocenters. The number of nitro groups is 1. The summed E-state index contributed by atoms with van der Waals surface area (Å²) in [6.07, 6.45) is 2.02. The van der Waals surface area contributed by atoms with Crippen LogP contribution in [-0.4, -0.2) is 41.2 Å². The summed E-state index contributed by atoms with van der Waals surface area (Å²) in [5.41, 5.74) is 0.248. The number of furan rings is 1. The first-order valence-corrected chi connectivity index (χ1v) is 9.38. The van der Waals surface area contributed by atoms with Crippen molar-refractivity contribution >= 4 is 46.3 Å². The second kappa shape index (κ2) is 8.59. The third-order valence-corrected chi connectivity index (χ3v) is 5.17. The molecule has 2 amide bonds. The highest BCUT2D eigenvalue weighted by Gasteiger charge is 2.34. The van der Waals surface area contributed by atoms with Crippen molar-refractivity contribution in [3.8, 4) is 11.3 Å². The number of rotatable bonds is 7. The van der Waals surface area contributed by atoms with E-state index in [9.17, 15) is 19.7 Å². The Morgan fingerprint density at radius 1 is 1.32 bits per heavy atom. The SMILES string of the molecule is COCCCN1C(=O)S/C(=C/c2ccc(-c3cc([N+](=O)[O-])ccc3Cl)o2)C1=O. The Hall–Kier alpha value is -2.62. The van der Waals surface area contributed by atoms with Gasteiger partial charge in [-0.1, -0.05) is 11.6 Å². The lowest BCUT2D eigenvalue weighted by Crippen LogP contribution is -2.29. The number of imide groups is 1. The van der Waals surface area contributed by atoms with Crippen molar-refractivity contribution in [1.29, 1.82) is 0 Å². The third kappa shape index (κ3) is 4.27. The number of benzene rings is 1. The van der Waals surface area contributed by atoms with E-state index >= 15 is 0 Å². The minimum Gasteiger partial charge on any atom is -0.457 e. The molecule has 1 aliphatic rings. The standard InChI is InChI=1S/C18H15ClN2O6S/c1-26-8-2-7-20-17(22)16(28-18(20)23)10-12-4-6-15(27-12)13-9-11(21(24)25)3-5-14(13)19/h3-6,9-10H,2,7-8H2,1H3/b16-10+. The van der Waals surface area contributed by atoms with Crippen molar-refractivity contribution in [2.24, 2.45) is 0 Å². The fourth-order valence-corrected chi connectivity index (χ4v) is 3.64. The number of amides is 2. The molecular weight excluding hydrogens is 408 g/mol. The fraction of sp³-hybridized carbons (Fsp3) is 0.222. The average molecular weight is 423 g/mol. The molecule has 0 aliphatic carbocycles. The highest BCUT2D eigenvalue weighted by molar-refractivity contribution is 8.18. The van der Waals surface area contributed by atoms with E-state index in [4.69, 9.17) is 20.8 Å². The molecule has 0 N–H and O–H groups in total. The van der Waals surface area contributed by atoms with Gasteiger partial charge in [-0.25, -0.2) is 0 Å². The van der Waals surface area contributed by atoms with Crippen molar-refractivity contribution in [3.63, 3.8) is 0 Å². The number of nitrogens with zero attached hydrogens (tertiary/aromatic N) is 2. The summed E-state index contributed by atoms with van der Waals surface area (Å²) in [4.78, 5) is 36.3. The first-order valence-electron chi connectivity index (χ1n) is 8.19.